The van der Waals surface area contributed by atoms with Crippen LogP contribution in [-0.2, 0) is 6.54 Å². The van der Waals surface area contributed by atoms with Gasteiger partial charge in [-0.25, -0.2) is 4.98 Å². The van der Waals surface area contributed by atoms with E-state index in [0.29, 0.717) is 18.2 Å². The quantitative estimate of drug-likeness (QED) is 0.390. The van der Waals surface area contributed by atoms with E-state index in [0.717, 1.165) is 38.8 Å². The Labute approximate surface area is 168 Å². The van der Waals surface area contributed by atoms with Crippen LogP contribution < -0.4 is 4.74 Å². The summed E-state index contributed by atoms with van der Waals surface area (Å²) < 4.78 is 8.12. The van der Waals surface area contributed by atoms with Gasteiger partial charge in [-0.15, -0.1) is 0 Å². The first-order chi connectivity index (χ1) is 13.1. The third-order valence-corrected chi connectivity index (χ3v) is 5.11. The lowest BCUT2D eigenvalue weighted by molar-refractivity contribution is 0.300. The molecule has 0 spiro atoms. The van der Waals surface area contributed by atoms with Crippen LogP contribution >= 0.6 is 23.2 Å². The standard InChI is InChI=1S/C22H18Cl2N2O/c1-15-13-18(9-10-19(15)24)27-12-11-26-21-8-3-2-7-20(21)25-22(26)16-5-4-6-17(23)14-16/h2-10,13-14H,11-12H2,1H3. The predicted molar refractivity (Wildman–Crippen MR) is 112 cm³/mol. The Kier molecular flexibility index (Phi) is 5.06. The van der Waals surface area contributed by atoms with Crippen molar-refractivity contribution >= 4 is 34.2 Å². The molecule has 1 heterocycles. The molecule has 0 aliphatic carbocycles. The van der Waals surface area contributed by atoms with Gasteiger partial charge < -0.3 is 9.30 Å². The molecule has 4 rings (SSSR count). The number of nitrogens with zero attached hydrogens (tertiary/aromatic N) is 2. The van der Waals surface area contributed by atoms with Gasteiger partial charge in [-0.1, -0.05) is 47.5 Å². The smallest absolute Gasteiger partial charge is 0.141 e. The van der Waals surface area contributed by atoms with E-state index in [1.807, 2.05) is 67.6 Å². The molecule has 0 radical (unpaired) electrons. The Morgan fingerprint density at radius 3 is 2.63 bits per heavy atom. The number of para-hydroxylation sites is 2. The SMILES string of the molecule is Cc1cc(OCCn2c(-c3cccc(Cl)c3)nc3ccccc32)ccc1Cl. The van der Waals surface area contributed by atoms with Crippen molar-refractivity contribution in [1.82, 2.24) is 9.55 Å². The minimum Gasteiger partial charge on any atom is -0.492 e. The van der Waals surface area contributed by atoms with Crippen molar-refractivity contribution in [1.29, 1.82) is 0 Å². The minimum absolute atomic E-state index is 0.523. The summed E-state index contributed by atoms with van der Waals surface area (Å²) in [5.41, 5.74) is 4.01. The summed E-state index contributed by atoms with van der Waals surface area (Å²) in [7, 11) is 0. The number of aryl methyl sites for hydroxylation is 1. The fourth-order valence-electron chi connectivity index (χ4n) is 3.11. The minimum atomic E-state index is 0.523. The molecule has 4 aromatic rings. The van der Waals surface area contributed by atoms with E-state index in [1.54, 1.807) is 0 Å². The van der Waals surface area contributed by atoms with E-state index >= 15 is 0 Å². The van der Waals surface area contributed by atoms with Crippen LogP contribution in [0, 0.1) is 6.92 Å². The van der Waals surface area contributed by atoms with E-state index in [1.165, 1.54) is 0 Å². The van der Waals surface area contributed by atoms with Gasteiger partial charge in [0.2, 0.25) is 0 Å². The number of rotatable bonds is 5. The highest BCUT2D eigenvalue weighted by Crippen LogP contribution is 2.27. The number of fused-ring (bicyclic) bond motifs is 1. The number of imidazole rings is 1. The van der Waals surface area contributed by atoms with E-state index in [9.17, 15) is 0 Å². The molecule has 3 aromatic carbocycles. The van der Waals surface area contributed by atoms with Gasteiger partial charge in [0.15, 0.2) is 0 Å². The number of hydrogen-bond acceptors (Lipinski definition) is 2. The van der Waals surface area contributed by atoms with Crippen molar-refractivity contribution < 1.29 is 4.74 Å². The highest BCUT2D eigenvalue weighted by atomic mass is 35.5. The Bertz CT molecular complexity index is 1100. The summed E-state index contributed by atoms with van der Waals surface area (Å²) in [5, 5.41) is 1.44. The number of benzene rings is 3. The van der Waals surface area contributed by atoms with Crippen molar-refractivity contribution in [2.45, 2.75) is 13.5 Å². The summed E-state index contributed by atoms with van der Waals surface area (Å²) >= 11 is 12.3. The van der Waals surface area contributed by atoms with Gasteiger partial charge >= 0.3 is 0 Å². The molecule has 0 saturated heterocycles. The Hall–Kier alpha value is -2.49. The third-order valence-electron chi connectivity index (χ3n) is 4.45. The first-order valence-electron chi connectivity index (χ1n) is 8.72. The molecular weight excluding hydrogens is 379 g/mol. The largest absolute Gasteiger partial charge is 0.492 e. The molecule has 3 nitrogen and oxygen atoms in total. The molecule has 136 valence electrons. The molecular formula is C22H18Cl2N2O. The topological polar surface area (TPSA) is 27.1 Å². The van der Waals surface area contributed by atoms with E-state index in [4.69, 9.17) is 32.9 Å². The van der Waals surface area contributed by atoms with Crippen LogP contribution in [0.15, 0.2) is 66.7 Å². The maximum Gasteiger partial charge on any atom is 0.141 e. The second-order valence-electron chi connectivity index (χ2n) is 6.35. The molecule has 27 heavy (non-hydrogen) atoms. The molecule has 0 saturated carbocycles. The van der Waals surface area contributed by atoms with Crippen molar-refractivity contribution in [3.8, 4) is 17.1 Å². The van der Waals surface area contributed by atoms with Gasteiger partial charge in [-0.2, -0.15) is 0 Å². The average Bonchev–Trinajstić information content (AvgIpc) is 3.03. The molecule has 0 amide bonds. The number of halogens is 2. The van der Waals surface area contributed by atoms with Crippen molar-refractivity contribution in [3.05, 3.63) is 82.3 Å². The third kappa shape index (κ3) is 3.80. The summed E-state index contributed by atoms with van der Waals surface area (Å²) in [6.07, 6.45) is 0. The summed E-state index contributed by atoms with van der Waals surface area (Å²) in [6.45, 7) is 3.16. The molecule has 0 atom stereocenters. The molecule has 5 heteroatoms. The lowest BCUT2D eigenvalue weighted by Gasteiger charge is -2.12. The lowest BCUT2D eigenvalue weighted by Crippen LogP contribution is -2.09. The van der Waals surface area contributed by atoms with Crippen LogP contribution in [0.1, 0.15) is 5.56 Å². The highest BCUT2D eigenvalue weighted by Gasteiger charge is 2.13. The summed E-state index contributed by atoms with van der Waals surface area (Å²) in [5.74, 6) is 1.69. The molecule has 0 aliphatic rings. The fraction of sp³-hybridized carbons (Fsp3) is 0.136. The number of ether oxygens (including phenoxy) is 1. The first-order valence-corrected chi connectivity index (χ1v) is 9.47. The second-order valence-corrected chi connectivity index (χ2v) is 7.19. The van der Waals surface area contributed by atoms with Crippen LogP contribution in [-0.4, -0.2) is 16.2 Å². The van der Waals surface area contributed by atoms with Gasteiger partial charge in [0.05, 0.1) is 17.6 Å². The average molecular weight is 397 g/mol. The Balaban J connectivity index is 1.63. The van der Waals surface area contributed by atoms with Crippen molar-refractivity contribution in [2.75, 3.05) is 6.61 Å². The maximum absolute atomic E-state index is 6.19. The highest BCUT2D eigenvalue weighted by molar-refractivity contribution is 6.31. The van der Waals surface area contributed by atoms with Crippen LogP contribution in [0.25, 0.3) is 22.4 Å². The van der Waals surface area contributed by atoms with Gasteiger partial charge in [0.25, 0.3) is 0 Å². The zero-order chi connectivity index (χ0) is 18.8. The van der Waals surface area contributed by atoms with Crippen LogP contribution in [0.5, 0.6) is 5.75 Å². The van der Waals surface area contributed by atoms with Crippen molar-refractivity contribution in [3.63, 3.8) is 0 Å². The molecule has 1 aromatic heterocycles. The first kappa shape index (κ1) is 17.9. The second kappa shape index (κ2) is 7.63. The zero-order valence-corrected chi connectivity index (χ0v) is 16.3. The van der Waals surface area contributed by atoms with Gasteiger partial charge in [0.1, 0.15) is 18.2 Å². The fourth-order valence-corrected chi connectivity index (χ4v) is 3.42. The van der Waals surface area contributed by atoms with Crippen molar-refractivity contribution in [2.24, 2.45) is 0 Å². The molecule has 0 N–H and O–H groups in total. The van der Waals surface area contributed by atoms with Gasteiger partial charge in [-0.3, -0.25) is 0 Å². The van der Waals surface area contributed by atoms with E-state index < -0.39 is 0 Å². The Morgan fingerprint density at radius 2 is 1.81 bits per heavy atom. The Morgan fingerprint density at radius 1 is 0.963 bits per heavy atom. The van der Waals surface area contributed by atoms with Crippen LogP contribution in [0.3, 0.4) is 0 Å². The van der Waals surface area contributed by atoms with Gasteiger partial charge in [0, 0.05) is 15.6 Å². The normalized spacial score (nSPS) is 11.1. The van der Waals surface area contributed by atoms with Gasteiger partial charge in [-0.05, 0) is 55.0 Å². The zero-order valence-electron chi connectivity index (χ0n) is 14.8. The predicted octanol–water partition coefficient (Wildman–Crippen LogP) is 6.40. The maximum atomic E-state index is 6.19. The molecule has 0 aliphatic heterocycles. The molecule has 0 bridgehead atoms. The van der Waals surface area contributed by atoms with E-state index in [-0.39, 0.29) is 0 Å². The van der Waals surface area contributed by atoms with Crippen LogP contribution in [0.4, 0.5) is 0 Å². The molecule has 0 unspecified atom stereocenters. The number of hydrogen-bond donors (Lipinski definition) is 0. The number of aromatic nitrogens is 2. The summed E-state index contributed by atoms with van der Waals surface area (Å²) in [6, 6.07) is 21.6. The monoisotopic (exact) mass is 396 g/mol. The lowest BCUT2D eigenvalue weighted by atomic mass is 10.2. The van der Waals surface area contributed by atoms with E-state index in [2.05, 4.69) is 10.6 Å². The summed E-state index contributed by atoms with van der Waals surface area (Å²) in [4.78, 5) is 4.81. The molecule has 0 fully saturated rings. The van der Waals surface area contributed by atoms with Crippen LogP contribution in [0.2, 0.25) is 10.0 Å².